The molecule has 1 aliphatic heterocycles. The molecule has 0 bridgehead atoms. The van der Waals surface area contributed by atoms with Crippen LogP contribution in [0, 0.1) is 0 Å². The van der Waals surface area contributed by atoms with Crippen molar-refractivity contribution in [3.8, 4) is 28.5 Å². The molecule has 30 heavy (non-hydrogen) atoms. The van der Waals surface area contributed by atoms with Gasteiger partial charge in [0.05, 0.1) is 12.3 Å². The van der Waals surface area contributed by atoms with E-state index < -0.39 is 0 Å². The zero-order valence-corrected chi connectivity index (χ0v) is 17.5. The third-order valence-corrected chi connectivity index (χ3v) is 5.20. The first-order valence-electron chi connectivity index (χ1n) is 9.87. The molecule has 0 atom stereocenters. The van der Waals surface area contributed by atoms with E-state index in [1.54, 1.807) is 0 Å². The molecule has 0 aliphatic carbocycles. The van der Waals surface area contributed by atoms with Crippen LogP contribution in [0.15, 0.2) is 47.8 Å². The first-order valence-corrected chi connectivity index (χ1v) is 10.8. The molecule has 2 aromatic carbocycles. The summed E-state index contributed by atoms with van der Waals surface area (Å²) in [5.41, 5.74) is 2.35. The molecule has 0 saturated heterocycles. The average Bonchev–Trinajstić information content (AvgIpc) is 3.23. The Kier molecular flexibility index (Phi) is 6.34. The predicted octanol–water partition coefficient (Wildman–Crippen LogP) is 5.40. The fraction of sp³-hybridized carbons (Fsp3) is 0.273. The fourth-order valence-corrected chi connectivity index (χ4v) is 3.61. The lowest BCUT2D eigenvalue weighted by Crippen LogP contribution is -2.19. The van der Waals surface area contributed by atoms with Gasteiger partial charge in [-0.3, -0.25) is 5.32 Å². The van der Waals surface area contributed by atoms with Crippen molar-refractivity contribution >= 4 is 28.2 Å². The van der Waals surface area contributed by atoms with E-state index in [9.17, 15) is 4.79 Å². The first-order chi connectivity index (χ1) is 14.7. The van der Waals surface area contributed by atoms with Crippen LogP contribution in [0.3, 0.4) is 0 Å². The van der Waals surface area contributed by atoms with Crippen molar-refractivity contribution < 1.29 is 19.0 Å². The number of aromatic nitrogens is 1. The molecule has 0 radical (unpaired) electrons. The first kappa shape index (κ1) is 20.0. The van der Waals surface area contributed by atoms with Crippen LogP contribution in [-0.4, -0.2) is 30.8 Å². The third kappa shape index (κ3) is 5.01. The van der Waals surface area contributed by atoms with Gasteiger partial charge in [0.15, 0.2) is 16.6 Å². The number of hydrogen-bond donors (Lipinski definition) is 2. The van der Waals surface area contributed by atoms with Crippen LogP contribution >= 0.6 is 11.3 Å². The minimum atomic E-state index is -0.349. The summed E-state index contributed by atoms with van der Waals surface area (Å²) in [5.74, 6) is 2.24. The van der Waals surface area contributed by atoms with Crippen molar-refractivity contribution in [2.24, 2.45) is 0 Å². The second-order valence-electron chi connectivity index (χ2n) is 6.70. The highest BCUT2D eigenvalue weighted by Gasteiger charge is 2.14. The highest BCUT2D eigenvalue weighted by Crippen LogP contribution is 2.35. The van der Waals surface area contributed by atoms with E-state index in [0.717, 1.165) is 35.6 Å². The van der Waals surface area contributed by atoms with Gasteiger partial charge in [-0.15, -0.1) is 11.3 Å². The maximum Gasteiger partial charge on any atom is 0.325 e. The van der Waals surface area contributed by atoms with Gasteiger partial charge in [-0.2, -0.15) is 0 Å². The Morgan fingerprint density at radius 1 is 1.10 bits per heavy atom. The lowest BCUT2D eigenvalue weighted by Gasteiger charge is -2.18. The maximum absolute atomic E-state index is 12.3. The quantitative estimate of drug-likeness (QED) is 0.495. The van der Waals surface area contributed by atoms with Crippen molar-refractivity contribution in [1.29, 1.82) is 0 Å². The van der Waals surface area contributed by atoms with Gasteiger partial charge in [-0.1, -0.05) is 13.3 Å². The van der Waals surface area contributed by atoms with Crippen LogP contribution in [0.4, 0.5) is 15.6 Å². The van der Waals surface area contributed by atoms with Gasteiger partial charge in [-0.25, -0.2) is 9.78 Å². The zero-order valence-electron chi connectivity index (χ0n) is 16.6. The number of hydrogen-bond acceptors (Lipinski definition) is 6. The van der Waals surface area contributed by atoms with E-state index in [1.807, 2.05) is 47.8 Å². The number of anilines is 2. The lowest BCUT2D eigenvalue weighted by molar-refractivity contribution is 0.171. The van der Waals surface area contributed by atoms with Gasteiger partial charge in [0.1, 0.15) is 19.0 Å². The summed E-state index contributed by atoms with van der Waals surface area (Å²) in [4.78, 5) is 16.8. The highest BCUT2D eigenvalue weighted by molar-refractivity contribution is 7.14. The van der Waals surface area contributed by atoms with Crippen molar-refractivity contribution in [2.45, 2.75) is 19.8 Å². The molecule has 2 heterocycles. The second-order valence-corrected chi connectivity index (χ2v) is 7.56. The molecule has 1 aliphatic rings. The summed E-state index contributed by atoms with van der Waals surface area (Å²) in [6, 6.07) is 12.7. The van der Waals surface area contributed by atoms with E-state index in [2.05, 4.69) is 22.5 Å². The normalized spacial score (nSPS) is 12.3. The van der Waals surface area contributed by atoms with Crippen molar-refractivity contribution in [2.75, 3.05) is 30.5 Å². The molecular formula is C22H23N3O4S. The van der Waals surface area contributed by atoms with Gasteiger partial charge in [0.2, 0.25) is 0 Å². The number of fused-ring (bicyclic) bond motifs is 1. The van der Waals surface area contributed by atoms with E-state index in [4.69, 9.17) is 14.2 Å². The summed E-state index contributed by atoms with van der Waals surface area (Å²) in [6.07, 6.45) is 2.11. The van der Waals surface area contributed by atoms with Crippen LogP contribution in [0.5, 0.6) is 17.2 Å². The summed E-state index contributed by atoms with van der Waals surface area (Å²) in [7, 11) is 0. The number of rotatable bonds is 7. The molecule has 2 amide bonds. The Balaban J connectivity index is 1.34. The molecule has 156 valence electrons. The molecule has 0 saturated carbocycles. The van der Waals surface area contributed by atoms with Crippen molar-refractivity contribution in [1.82, 2.24) is 4.98 Å². The van der Waals surface area contributed by atoms with E-state index in [0.29, 0.717) is 36.4 Å². The van der Waals surface area contributed by atoms with Gasteiger partial charge in [0, 0.05) is 16.6 Å². The zero-order chi connectivity index (χ0) is 20.8. The molecule has 3 aromatic rings. The lowest BCUT2D eigenvalue weighted by atomic mass is 10.1. The Labute approximate surface area is 179 Å². The predicted molar refractivity (Wildman–Crippen MR) is 118 cm³/mol. The van der Waals surface area contributed by atoms with Gasteiger partial charge in [0.25, 0.3) is 0 Å². The molecule has 0 unspecified atom stereocenters. The topological polar surface area (TPSA) is 81.7 Å². The Bertz CT molecular complexity index is 1000. The maximum atomic E-state index is 12.3. The van der Waals surface area contributed by atoms with Crippen LogP contribution in [0.1, 0.15) is 19.8 Å². The number of carbonyl (C=O) groups is 1. The Morgan fingerprint density at radius 2 is 1.90 bits per heavy atom. The number of amides is 2. The van der Waals surface area contributed by atoms with Gasteiger partial charge in [-0.05, 0) is 48.9 Å². The number of ether oxygens (including phenoxy) is 3. The molecule has 0 fully saturated rings. The molecule has 2 N–H and O–H groups in total. The van der Waals surface area contributed by atoms with E-state index in [1.165, 1.54) is 11.3 Å². The minimum Gasteiger partial charge on any atom is -0.494 e. The second kappa shape index (κ2) is 9.49. The number of benzene rings is 2. The standard InChI is InChI=1S/C22H23N3O4S/c1-2-3-10-27-17-7-5-16(6-8-17)23-21(26)25-22-24-18(14-30-22)15-4-9-19-20(13-15)29-12-11-28-19/h4-9,13-14H,2-3,10-12H2,1H3,(H2,23,24,25,26). The fourth-order valence-electron chi connectivity index (χ4n) is 2.89. The van der Waals surface area contributed by atoms with Gasteiger partial charge >= 0.3 is 6.03 Å². The third-order valence-electron chi connectivity index (χ3n) is 4.44. The van der Waals surface area contributed by atoms with Crippen LogP contribution in [0.2, 0.25) is 0 Å². The van der Waals surface area contributed by atoms with Gasteiger partial charge < -0.3 is 19.5 Å². The Hall–Kier alpha value is -3.26. The summed E-state index contributed by atoms with van der Waals surface area (Å²) < 4.78 is 16.8. The Morgan fingerprint density at radius 3 is 2.70 bits per heavy atom. The molecule has 7 nitrogen and oxygen atoms in total. The van der Waals surface area contributed by atoms with E-state index >= 15 is 0 Å². The molecule has 4 rings (SSSR count). The highest BCUT2D eigenvalue weighted by atomic mass is 32.1. The molecule has 0 spiro atoms. The van der Waals surface area contributed by atoms with Crippen molar-refractivity contribution in [3.63, 3.8) is 0 Å². The number of unbranched alkanes of at least 4 members (excludes halogenated alkanes) is 1. The number of urea groups is 1. The minimum absolute atomic E-state index is 0.349. The molecular weight excluding hydrogens is 402 g/mol. The average molecular weight is 426 g/mol. The summed E-state index contributed by atoms with van der Waals surface area (Å²) >= 11 is 1.36. The summed E-state index contributed by atoms with van der Waals surface area (Å²) in [6.45, 7) is 3.91. The molecule has 8 heteroatoms. The smallest absolute Gasteiger partial charge is 0.325 e. The van der Waals surface area contributed by atoms with Crippen LogP contribution in [-0.2, 0) is 0 Å². The number of nitrogens with zero attached hydrogens (tertiary/aromatic N) is 1. The summed E-state index contributed by atoms with van der Waals surface area (Å²) in [5, 5.41) is 7.97. The SMILES string of the molecule is CCCCOc1ccc(NC(=O)Nc2nc(-c3ccc4c(c3)OCCO4)cs2)cc1. The number of nitrogens with one attached hydrogen (secondary N) is 2. The monoisotopic (exact) mass is 425 g/mol. The van der Waals surface area contributed by atoms with Crippen LogP contribution < -0.4 is 24.8 Å². The number of thiazole rings is 1. The number of carbonyl (C=O) groups excluding carboxylic acids is 1. The van der Waals surface area contributed by atoms with E-state index in [-0.39, 0.29) is 6.03 Å². The van der Waals surface area contributed by atoms with Crippen molar-refractivity contribution in [3.05, 3.63) is 47.8 Å². The van der Waals surface area contributed by atoms with Crippen LogP contribution in [0.25, 0.3) is 11.3 Å². The molecule has 1 aromatic heterocycles. The largest absolute Gasteiger partial charge is 0.494 e.